The first kappa shape index (κ1) is 26.4. The summed E-state index contributed by atoms with van der Waals surface area (Å²) >= 11 is 0. The molecule has 0 saturated heterocycles. The van der Waals surface area contributed by atoms with Gasteiger partial charge in [0.25, 0.3) is 0 Å². The van der Waals surface area contributed by atoms with Crippen molar-refractivity contribution in [2.24, 2.45) is 0 Å². The fourth-order valence-electron chi connectivity index (χ4n) is 4.86. The minimum Gasteiger partial charge on any atom is -0.365 e. The fourth-order valence-corrected chi connectivity index (χ4v) is 4.86. The molecule has 0 N–H and O–H groups in total. The van der Waals surface area contributed by atoms with Gasteiger partial charge in [0.15, 0.2) is 6.17 Å². The van der Waals surface area contributed by atoms with E-state index in [0.717, 1.165) is 43.2 Å². The lowest BCUT2D eigenvalue weighted by Crippen LogP contribution is -2.43. The van der Waals surface area contributed by atoms with Crippen LogP contribution in [0.1, 0.15) is 90.5 Å². The second-order valence-electron chi connectivity index (χ2n) is 9.84. The molecule has 0 fully saturated rings. The summed E-state index contributed by atoms with van der Waals surface area (Å²) in [4.78, 5) is 0. The second kappa shape index (κ2) is 13.6. The Labute approximate surface area is 207 Å². The molecule has 3 rings (SSSR count). The van der Waals surface area contributed by atoms with Gasteiger partial charge < -0.3 is 4.74 Å². The van der Waals surface area contributed by atoms with Crippen LogP contribution in [-0.4, -0.2) is 17.9 Å². The molecule has 1 aliphatic rings. The molecule has 0 heterocycles. The van der Waals surface area contributed by atoms with E-state index in [2.05, 4.69) is 75.4 Å². The van der Waals surface area contributed by atoms with Crippen molar-refractivity contribution in [3.63, 3.8) is 0 Å². The molecule has 2 unspecified atom stereocenters. The predicted molar refractivity (Wildman–Crippen MR) is 145 cm³/mol. The number of hydrogen-bond acceptors (Lipinski definition) is 1. The van der Waals surface area contributed by atoms with Crippen molar-refractivity contribution in [3.8, 4) is 11.1 Å². The molecule has 3 atom stereocenters. The summed E-state index contributed by atoms with van der Waals surface area (Å²) in [5.41, 5.74) is 3.51. The van der Waals surface area contributed by atoms with Crippen LogP contribution in [0.3, 0.4) is 0 Å². The molecule has 2 heteroatoms. The lowest BCUT2D eigenvalue weighted by atomic mass is 9.83. The molecule has 0 aromatic heterocycles. The molecule has 0 spiro atoms. The Balaban J connectivity index is 1.72. The van der Waals surface area contributed by atoms with E-state index in [-0.39, 0.29) is 6.10 Å². The minimum absolute atomic E-state index is 0.0604. The smallest absolute Gasteiger partial charge is 0.152 e. The summed E-state index contributed by atoms with van der Waals surface area (Å²) in [7, 11) is 0. The Kier molecular flexibility index (Phi) is 10.6. The van der Waals surface area contributed by atoms with Gasteiger partial charge in [-0.05, 0) is 54.2 Å². The number of allylic oxidation sites excluding steroid dienone is 2. The van der Waals surface area contributed by atoms with E-state index >= 15 is 4.39 Å². The zero-order valence-electron chi connectivity index (χ0n) is 21.4. The summed E-state index contributed by atoms with van der Waals surface area (Å²) in [6.45, 7) is 6.54. The maximum Gasteiger partial charge on any atom is 0.152 e. The van der Waals surface area contributed by atoms with E-state index in [4.69, 9.17) is 4.74 Å². The first-order valence-corrected chi connectivity index (χ1v) is 13.5. The van der Waals surface area contributed by atoms with Gasteiger partial charge >= 0.3 is 0 Å². The monoisotopic (exact) mass is 462 g/mol. The van der Waals surface area contributed by atoms with Gasteiger partial charge in [0.1, 0.15) is 5.60 Å². The van der Waals surface area contributed by atoms with Gasteiger partial charge in [-0.1, -0.05) is 126 Å². The van der Waals surface area contributed by atoms with Crippen LogP contribution in [0.5, 0.6) is 0 Å². The summed E-state index contributed by atoms with van der Waals surface area (Å²) < 4.78 is 22.4. The van der Waals surface area contributed by atoms with Crippen molar-refractivity contribution < 1.29 is 9.13 Å². The van der Waals surface area contributed by atoms with Gasteiger partial charge in [-0.3, -0.25) is 0 Å². The van der Waals surface area contributed by atoms with Crippen molar-refractivity contribution in [3.05, 3.63) is 78.4 Å². The van der Waals surface area contributed by atoms with Crippen molar-refractivity contribution >= 4 is 5.57 Å². The van der Waals surface area contributed by atoms with Gasteiger partial charge in [0, 0.05) is 0 Å². The standard InChI is InChI=1S/C32H43FO/c1-4-6-8-9-14-23-32(34-26(3)15-11-7-5-2)24-22-30(25-31(32)33)29-20-18-28(19-21-29)27-16-12-10-13-17-27/h10,12-13,16-22,24-26,31H,4-9,11,14-15,23H2,1-3H3/t26?,31-,32?/m1/s1. The Bertz CT molecular complexity index is 898. The molecule has 0 radical (unpaired) electrons. The summed E-state index contributed by atoms with van der Waals surface area (Å²) in [6, 6.07) is 18.8. The van der Waals surface area contributed by atoms with Crippen LogP contribution >= 0.6 is 0 Å². The molecule has 184 valence electrons. The van der Waals surface area contributed by atoms with Gasteiger partial charge in [-0.15, -0.1) is 0 Å². The van der Waals surface area contributed by atoms with Crippen molar-refractivity contribution in [1.29, 1.82) is 0 Å². The number of benzene rings is 2. The molecule has 0 bridgehead atoms. The highest BCUT2D eigenvalue weighted by molar-refractivity contribution is 5.78. The molecule has 2 aromatic rings. The van der Waals surface area contributed by atoms with Crippen LogP contribution in [0.15, 0.2) is 72.8 Å². The van der Waals surface area contributed by atoms with E-state index in [9.17, 15) is 0 Å². The molecular weight excluding hydrogens is 419 g/mol. The second-order valence-corrected chi connectivity index (χ2v) is 9.84. The predicted octanol–water partition coefficient (Wildman–Crippen LogP) is 9.73. The van der Waals surface area contributed by atoms with Crippen LogP contribution < -0.4 is 0 Å². The molecule has 0 saturated carbocycles. The average molecular weight is 463 g/mol. The zero-order chi connectivity index (χ0) is 24.2. The number of unbranched alkanes of at least 4 members (excludes halogenated alkanes) is 6. The zero-order valence-corrected chi connectivity index (χ0v) is 21.4. The molecular formula is C32H43FO. The molecule has 2 aromatic carbocycles. The minimum atomic E-state index is -1.14. The summed E-state index contributed by atoms with van der Waals surface area (Å²) in [5.74, 6) is 0. The number of rotatable bonds is 14. The first-order valence-electron chi connectivity index (χ1n) is 13.5. The Hall–Kier alpha value is -2.19. The lowest BCUT2D eigenvalue weighted by molar-refractivity contribution is -0.0956. The van der Waals surface area contributed by atoms with Crippen LogP contribution in [0.25, 0.3) is 16.7 Å². The topological polar surface area (TPSA) is 9.23 Å². The van der Waals surface area contributed by atoms with Crippen LogP contribution in [0, 0.1) is 0 Å². The quantitative estimate of drug-likeness (QED) is 0.254. The third kappa shape index (κ3) is 7.40. The van der Waals surface area contributed by atoms with E-state index in [1.54, 1.807) is 6.08 Å². The highest BCUT2D eigenvalue weighted by atomic mass is 19.1. The molecule has 34 heavy (non-hydrogen) atoms. The molecule has 0 aliphatic heterocycles. The first-order chi connectivity index (χ1) is 16.6. The van der Waals surface area contributed by atoms with Gasteiger partial charge in [-0.2, -0.15) is 0 Å². The number of halogens is 1. The molecule has 0 amide bonds. The van der Waals surface area contributed by atoms with Crippen molar-refractivity contribution in [2.45, 2.75) is 103 Å². The van der Waals surface area contributed by atoms with E-state index in [0.29, 0.717) is 0 Å². The fraction of sp³-hybridized carbons (Fsp3) is 0.500. The van der Waals surface area contributed by atoms with Gasteiger partial charge in [0.05, 0.1) is 6.10 Å². The number of ether oxygens (including phenoxy) is 1. The van der Waals surface area contributed by atoms with Crippen LogP contribution in [-0.2, 0) is 4.74 Å². The number of alkyl halides is 1. The van der Waals surface area contributed by atoms with Crippen molar-refractivity contribution in [1.82, 2.24) is 0 Å². The molecule has 1 nitrogen and oxygen atoms in total. The van der Waals surface area contributed by atoms with Crippen LogP contribution in [0.2, 0.25) is 0 Å². The largest absolute Gasteiger partial charge is 0.365 e. The summed E-state index contributed by atoms with van der Waals surface area (Å²) in [6.07, 6.45) is 15.9. The summed E-state index contributed by atoms with van der Waals surface area (Å²) in [5, 5.41) is 0. The molecule has 1 aliphatic carbocycles. The van der Waals surface area contributed by atoms with Crippen molar-refractivity contribution in [2.75, 3.05) is 0 Å². The SMILES string of the molecule is CCCCCCCC1(OC(C)CCCCC)C=CC(c2ccc(-c3ccccc3)cc2)=C[C@H]1F. The van der Waals surface area contributed by atoms with E-state index < -0.39 is 11.8 Å². The van der Waals surface area contributed by atoms with Crippen LogP contribution in [0.4, 0.5) is 4.39 Å². The normalized spacial score (nSPS) is 20.8. The Morgan fingerprint density at radius 1 is 0.794 bits per heavy atom. The van der Waals surface area contributed by atoms with E-state index in [1.807, 2.05) is 12.1 Å². The maximum absolute atomic E-state index is 15.9. The average Bonchev–Trinajstić information content (AvgIpc) is 2.86. The maximum atomic E-state index is 15.9. The highest BCUT2D eigenvalue weighted by Gasteiger charge is 2.40. The third-order valence-corrected chi connectivity index (χ3v) is 6.97. The Morgan fingerprint density at radius 3 is 2.09 bits per heavy atom. The van der Waals surface area contributed by atoms with Gasteiger partial charge in [-0.25, -0.2) is 4.39 Å². The number of hydrogen-bond donors (Lipinski definition) is 0. The third-order valence-electron chi connectivity index (χ3n) is 6.97. The van der Waals surface area contributed by atoms with Gasteiger partial charge in [0.2, 0.25) is 0 Å². The van der Waals surface area contributed by atoms with E-state index in [1.165, 1.54) is 43.2 Å². The lowest BCUT2D eigenvalue weighted by Gasteiger charge is -2.38. The highest BCUT2D eigenvalue weighted by Crippen LogP contribution is 2.37. The Morgan fingerprint density at radius 2 is 1.41 bits per heavy atom.